The highest BCUT2D eigenvalue weighted by molar-refractivity contribution is 5.82. The number of Topliss-reactive ketones (excluding diaryl/α,β-unsaturated/α-hetero) is 1. The van der Waals surface area contributed by atoms with Crippen LogP contribution in [0.1, 0.15) is 13.8 Å². The van der Waals surface area contributed by atoms with E-state index in [2.05, 4.69) is 12.2 Å². The van der Waals surface area contributed by atoms with E-state index in [1.807, 2.05) is 0 Å². The molecule has 0 aliphatic carbocycles. The maximum Gasteiger partial charge on any atom is 0.146 e. The lowest BCUT2D eigenvalue weighted by molar-refractivity contribution is -0.122. The summed E-state index contributed by atoms with van der Waals surface area (Å²) in [5.74, 6) is 0.830. The van der Waals surface area contributed by atoms with Gasteiger partial charge in [0, 0.05) is 6.54 Å². The Kier molecular flexibility index (Phi) is 1.34. The van der Waals surface area contributed by atoms with Gasteiger partial charge in [0.2, 0.25) is 0 Å². The number of rotatable bonds is 1. The summed E-state index contributed by atoms with van der Waals surface area (Å²) in [5, 5.41) is 3.05. The molecule has 2 atom stereocenters. The molecule has 1 aliphatic heterocycles. The fourth-order valence-corrected chi connectivity index (χ4v) is 1.02. The minimum absolute atomic E-state index is 0.162. The molecule has 0 bridgehead atoms. The highest BCUT2D eigenvalue weighted by Gasteiger charge is 2.29. The Bertz CT molecular complexity index is 111. The van der Waals surface area contributed by atoms with E-state index >= 15 is 0 Å². The summed E-state index contributed by atoms with van der Waals surface area (Å²) in [6, 6.07) is 0.162. The highest BCUT2D eigenvalue weighted by Crippen LogP contribution is 2.11. The quantitative estimate of drug-likeness (QED) is 0.525. The topological polar surface area (TPSA) is 29.1 Å². The van der Waals surface area contributed by atoms with Crippen LogP contribution >= 0.6 is 0 Å². The molecular formula is C6H11NO. The van der Waals surface area contributed by atoms with E-state index in [9.17, 15) is 4.79 Å². The Labute approximate surface area is 49.3 Å². The van der Waals surface area contributed by atoms with Gasteiger partial charge >= 0.3 is 0 Å². The highest BCUT2D eigenvalue weighted by atomic mass is 16.1. The zero-order chi connectivity index (χ0) is 6.15. The van der Waals surface area contributed by atoms with E-state index in [1.165, 1.54) is 0 Å². The van der Waals surface area contributed by atoms with Gasteiger partial charge in [0.25, 0.3) is 0 Å². The molecule has 2 nitrogen and oxygen atoms in total. The average molecular weight is 113 g/mol. The monoisotopic (exact) mass is 113 g/mol. The zero-order valence-electron chi connectivity index (χ0n) is 5.27. The van der Waals surface area contributed by atoms with Crippen LogP contribution in [-0.4, -0.2) is 18.4 Å². The maximum absolute atomic E-state index is 10.6. The summed E-state index contributed by atoms with van der Waals surface area (Å²) < 4.78 is 0. The van der Waals surface area contributed by atoms with Gasteiger partial charge in [-0.25, -0.2) is 0 Å². The molecule has 0 spiro atoms. The smallest absolute Gasteiger partial charge is 0.146 e. The third kappa shape index (κ3) is 0.757. The van der Waals surface area contributed by atoms with Crippen LogP contribution in [0.3, 0.4) is 0 Å². The van der Waals surface area contributed by atoms with Crippen LogP contribution in [0.25, 0.3) is 0 Å². The minimum Gasteiger partial charge on any atom is -0.307 e. The molecule has 1 saturated heterocycles. The van der Waals surface area contributed by atoms with E-state index in [0.717, 1.165) is 6.54 Å². The van der Waals surface area contributed by atoms with Crippen molar-refractivity contribution in [3.8, 4) is 0 Å². The molecule has 1 fully saturated rings. The molecule has 8 heavy (non-hydrogen) atoms. The predicted molar refractivity (Wildman–Crippen MR) is 31.6 cm³/mol. The van der Waals surface area contributed by atoms with Crippen LogP contribution in [0.15, 0.2) is 0 Å². The first-order valence-electron chi connectivity index (χ1n) is 2.95. The fourth-order valence-electron chi connectivity index (χ4n) is 1.02. The van der Waals surface area contributed by atoms with Crippen LogP contribution in [-0.2, 0) is 4.79 Å². The summed E-state index contributed by atoms with van der Waals surface area (Å²) in [5.41, 5.74) is 0. The van der Waals surface area contributed by atoms with Gasteiger partial charge in [-0.2, -0.15) is 0 Å². The lowest BCUT2D eigenvalue weighted by Gasteiger charge is -2.33. The number of hydrogen-bond acceptors (Lipinski definition) is 2. The summed E-state index contributed by atoms with van der Waals surface area (Å²) in [4.78, 5) is 10.6. The molecule has 0 radical (unpaired) electrons. The number of hydrogen-bond donors (Lipinski definition) is 1. The maximum atomic E-state index is 10.6. The second kappa shape index (κ2) is 1.86. The van der Waals surface area contributed by atoms with E-state index in [1.54, 1.807) is 6.92 Å². The first kappa shape index (κ1) is 5.76. The molecule has 0 aromatic heterocycles. The summed E-state index contributed by atoms with van der Waals surface area (Å²) in [6.45, 7) is 4.72. The standard InChI is InChI=1S/C6H11NO/c1-4-3-7-6(4)5(2)8/h4,6-7H,3H2,1-2H3. The van der Waals surface area contributed by atoms with Crippen molar-refractivity contribution in [3.63, 3.8) is 0 Å². The number of carbonyl (C=O) groups excluding carboxylic acids is 1. The predicted octanol–water partition coefficient (Wildman–Crippen LogP) is 0.183. The molecule has 0 aromatic rings. The van der Waals surface area contributed by atoms with Gasteiger partial charge in [0.15, 0.2) is 0 Å². The van der Waals surface area contributed by atoms with E-state index in [4.69, 9.17) is 0 Å². The van der Waals surface area contributed by atoms with Crippen LogP contribution in [0.2, 0.25) is 0 Å². The van der Waals surface area contributed by atoms with Gasteiger partial charge in [-0.15, -0.1) is 0 Å². The molecule has 46 valence electrons. The summed E-state index contributed by atoms with van der Waals surface area (Å²) in [6.07, 6.45) is 0. The Hall–Kier alpha value is -0.370. The minimum atomic E-state index is 0.162. The normalized spacial score (nSPS) is 36.2. The molecule has 0 saturated carbocycles. The van der Waals surface area contributed by atoms with Gasteiger partial charge < -0.3 is 5.32 Å². The van der Waals surface area contributed by atoms with Gasteiger partial charge in [-0.1, -0.05) is 6.92 Å². The fraction of sp³-hybridized carbons (Fsp3) is 0.833. The Balaban J connectivity index is 2.37. The Morgan fingerprint density at radius 2 is 2.38 bits per heavy atom. The van der Waals surface area contributed by atoms with E-state index in [-0.39, 0.29) is 11.8 Å². The first-order chi connectivity index (χ1) is 3.72. The molecule has 0 aromatic carbocycles. The molecule has 2 unspecified atom stereocenters. The van der Waals surface area contributed by atoms with Crippen LogP contribution in [0.4, 0.5) is 0 Å². The van der Waals surface area contributed by atoms with Crippen LogP contribution < -0.4 is 5.32 Å². The van der Waals surface area contributed by atoms with E-state index in [0.29, 0.717) is 5.92 Å². The van der Waals surface area contributed by atoms with Crippen molar-refractivity contribution in [2.45, 2.75) is 19.9 Å². The van der Waals surface area contributed by atoms with Crippen molar-refractivity contribution in [1.29, 1.82) is 0 Å². The van der Waals surface area contributed by atoms with Crippen molar-refractivity contribution >= 4 is 5.78 Å². The Morgan fingerprint density at radius 1 is 1.75 bits per heavy atom. The average Bonchev–Trinajstić information content (AvgIpc) is 1.61. The number of nitrogens with one attached hydrogen (secondary N) is 1. The van der Waals surface area contributed by atoms with Crippen molar-refractivity contribution < 1.29 is 4.79 Å². The van der Waals surface area contributed by atoms with Gasteiger partial charge in [-0.05, 0) is 12.8 Å². The third-order valence-corrected chi connectivity index (χ3v) is 1.67. The SMILES string of the molecule is CC(=O)C1NCC1C. The van der Waals surface area contributed by atoms with Gasteiger partial charge in [-0.3, -0.25) is 4.79 Å². The second-order valence-corrected chi connectivity index (χ2v) is 2.47. The van der Waals surface area contributed by atoms with Crippen LogP contribution in [0.5, 0.6) is 0 Å². The largest absolute Gasteiger partial charge is 0.307 e. The van der Waals surface area contributed by atoms with Crippen molar-refractivity contribution in [3.05, 3.63) is 0 Å². The second-order valence-electron chi connectivity index (χ2n) is 2.47. The molecule has 1 N–H and O–H groups in total. The van der Waals surface area contributed by atoms with Gasteiger partial charge in [0.1, 0.15) is 5.78 Å². The number of ketones is 1. The van der Waals surface area contributed by atoms with Gasteiger partial charge in [0.05, 0.1) is 6.04 Å². The molecule has 0 amide bonds. The summed E-state index contributed by atoms with van der Waals surface area (Å²) >= 11 is 0. The molecule has 1 rings (SSSR count). The van der Waals surface area contributed by atoms with E-state index < -0.39 is 0 Å². The van der Waals surface area contributed by atoms with Crippen molar-refractivity contribution in [2.75, 3.05) is 6.54 Å². The molecular weight excluding hydrogens is 102 g/mol. The molecule has 2 heteroatoms. The van der Waals surface area contributed by atoms with Crippen molar-refractivity contribution in [1.82, 2.24) is 5.32 Å². The van der Waals surface area contributed by atoms with Crippen LogP contribution in [0, 0.1) is 5.92 Å². The lowest BCUT2D eigenvalue weighted by atomic mass is 9.91. The summed E-state index contributed by atoms with van der Waals surface area (Å²) in [7, 11) is 0. The Morgan fingerprint density at radius 3 is 2.38 bits per heavy atom. The first-order valence-corrected chi connectivity index (χ1v) is 2.95. The number of carbonyl (C=O) groups is 1. The molecule has 1 heterocycles. The van der Waals surface area contributed by atoms with Crippen molar-refractivity contribution in [2.24, 2.45) is 5.92 Å². The molecule has 1 aliphatic rings. The lowest BCUT2D eigenvalue weighted by Crippen LogP contribution is -2.55. The third-order valence-electron chi connectivity index (χ3n) is 1.67. The zero-order valence-corrected chi connectivity index (χ0v) is 5.27.